The number of anilines is 6. The van der Waals surface area contributed by atoms with Crippen LogP contribution >= 0.6 is 0 Å². The fourth-order valence-corrected chi connectivity index (χ4v) is 12.0. The van der Waals surface area contributed by atoms with Gasteiger partial charge in [-0.3, -0.25) is 0 Å². The Balaban J connectivity index is 0.990. The molecule has 0 unspecified atom stereocenters. The minimum atomic E-state index is -0.596. The molecule has 1 aliphatic heterocycles. The molecule has 0 saturated heterocycles. The lowest BCUT2D eigenvalue weighted by atomic mass is 9.66. The largest absolute Gasteiger partial charge is 0.457 e. The summed E-state index contributed by atoms with van der Waals surface area (Å²) in [4.78, 5) is 4.81. The molecule has 3 aliphatic rings. The van der Waals surface area contributed by atoms with Gasteiger partial charge < -0.3 is 19.0 Å². The molecule has 68 heavy (non-hydrogen) atoms. The van der Waals surface area contributed by atoms with E-state index in [-0.39, 0.29) is 5.41 Å². The van der Waals surface area contributed by atoms with E-state index in [0.717, 1.165) is 78.7 Å². The molecule has 10 aromatic carbocycles. The van der Waals surface area contributed by atoms with E-state index in [4.69, 9.17) is 9.15 Å². The number of fused-ring (bicyclic) bond motifs is 15. The summed E-state index contributed by atoms with van der Waals surface area (Å²) in [7, 11) is 0. The van der Waals surface area contributed by atoms with Crippen LogP contribution in [-0.2, 0) is 10.8 Å². The Morgan fingerprint density at radius 2 is 0.853 bits per heavy atom. The smallest absolute Gasteiger partial charge is 0.137 e. The molecule has 11 aromatic rings. The van der Waals surface area contributed by atoms with Crippen molar-refractivity contribution in [2.45, 2.75) is 24.7 Å². The van der Waals surface area contributed by atoms with Crippen LogP contribution in [0.2, 0.25) is 0 Å². The minimum Gasteiger partial charge on any atom is -0.457 e. The number of hydrogen-bond donors (Lipinski definition) is 0. The van der Waals surface area contributed by atoms with E-state index in [9.17, 15) is 0 Å². The number of hydrogen-bond acceptors (Lipinski definition) is 4. The Morgan fingerprint density at radius 1 is 0.338 bits per heavy atom. The van der Waals surface area contributed by atoms with Gasteiger partial charge in [-0.05, 0) is 129 Å². The van der Waals surface area contributed by atoms with Gasteiger partial charge in [0, 0.05) is 50.4 Å². The van der Waals surface area contributed by atoms with Crippen LogP contribution in [0.3, 0.4) is 0 Å². The topological polar surface area (TPSA) is 28.9 Å². The quantitative estimate of drug-likeness (QED) is 0.166. The molecule has 14 rings (SSSR count). The number of rotatable bonds is 6. The second-order valence-electron chi connectivity index (χ2n) is 18.8. The zero-order valence-electron chi connectivity index (χ0n) is 37.7. The Morgan fingerprint density at radius 3 is 1.63 bits per heavy atom. The lowest BCUT2D eigenvalue weighted by Crippen LogP contribution is -2.32. The molecule has 1 aromatic heterocycles. The van der Waals surface area contributed by atoms with Crippen molar-refractivity contribution < 1.29 is 9.15 Å². The van der Waals surface area contributed by atoms with Crippen LogP contribution < -0.4 is 14.5 Å². The van der Waals surface area contributed by atoms with Crippen LogP contribution in [0.1, 0.15) is 47.2 Å². The lowest BCUT2D eigenvalue weighted by molar-refractivity contribution is 0.436. The molecule has 2 aliphatic carbocycles. The number of ether oxygens (including phenoxy) is 1. The Labute approximate surface area is 395 Å². The van der Waals surface area contributed by atoms with Crippen molar-refractivity contribution in [3.05, 3.63) is 264 Å². The third-order valence-electron chi connectivity index (χ3n) is 14.9. The van der Waals surface area contributed by atoms with E-state index in [1.165, 1.54) is 44.5 Å². The molecule has 1 spiro atoms. The molecule has 2 heterocycles. The van der Waals surface area contributed by atoms with Crippen LogP contribution in [0.4, 0.5) is 34.1 Å². The first-order chi connectivity index (χ1) is 33.5. The molecule has 0 radical (unpaired) electrons. The van der Waals surface area contributed by atoms with Gasteiger partial charge in [0.2, 0.25) is 0 Å². The maximum atomic E-state index is 6.88. The summed E-state index contributed by atoms with van der Waals surface area (Å²) in [6.45, 7) is 4.70. The summed E-state index contributed by atoms with van der Waals surface area (Å²) in [6, 6.07) is 83.6. The number of nitrogens with zero attached hydrogens (tertiary/aromatic N) is 2. The molecule has 322 valence electrons. The van der Waals surface area contributed by atoms with E-state index >= 15 is 0 Å². The fourth-order valence-electron chi connectivity index (χ4n) is 12.0. The summed E-state index contributed by atoms with van der Waals surface area (Å²) in [5, 5.41) is 2.16. The zero-order chi connectivity index (χ0) is 45.1. The van der Waals surface area contributed by atoms with Crippen LogP contribution in [0.15, 0.2) is 235 Å². The Hall–Kier alpha value is -8.60. The van der Waals surface area contributed by atoms with Crippen molar-refractivity contribution >= 4 is 56.1 Å². The van der Waals surface area contributed by atoms with Gasteiger partial charge in [-0.1, -0.05) is 159 Å². The van der Waals surface area contributed by atoms with Crippen molar-refractivity contribution in [2.24, 2.45) is 0 Å². The van der Waals surface area contributed by atoms with Crippen LogP contribution in [0.25, 0.3) is 44.2 Å². The molecular weight excluding hydrogens is 829 g/mol. The van der Waals surface area contributed by atoms with Gasteiger partial charge in [-0.15, -0.1) is 0 Å². The maximum absolute atomic E-state index is 6.88. The van der Waals surface area contributed by atoms with Crippen molar-refractivity contribution in [2.75, 3.05) is 9.80 Å². The van der Waals surface area contributed by atoms with Gasteiger partial charge in [0.15, 0.2) is 0 Å². The maximum Gasteiger partial charge on any atom is 0.137 e. The highest BCUT2D eigenvalue weighted by molar-refractivity contribution is 6.13. The summed E-state index contributed by atoms with van der Waals surface area (Å²) in [6.07, 6.45) is 0. The highest BCUT2D eigenvalue weighted by atomic mass is 16.5. The van der Waals surface area contributed by atoms with Crippen LogP contribution in [0.5, 0.6) is 11.5 Å². The van der Waals surface area contributed by atoms with Crippen LogP contribution in [0, 0.1) is 0 Å². The second-order valence-corrected chi connectivity index (χ2v) is 18.8. The molecular formula is C64H44N2O2. The average Bonchev–Trinajstić information content (AvgIpc) is 3.99. The molecule has 0 N–H and O–H groups in total. The van der Waals surface area contributed by atoms with E-state index in [0.29, 0.717) is 0 Å². The minimum absolute atomic E-state index is 0.178. The van der Waals surface area contributed by atoms with Gasteiger partial charge in [0.25, 0.3) is 0 Å². The van der Waals surface area contributed by atoms with E-state index < -0.39 is 5.41 Å². The molecule has 0 bridgehead atoms. The van der Waals surface area contributed by atoms with Crippen LogP contribution in [-0.4, -0.2) is 0 Å². The Kier molecular flexibility index (Phi) is 8.21. The SMILES string of the molecule is CC1(C)c2ccccc2-c2ccc(N(c3cccc(N(c4ccccc4)c4ccc5c(c4)C4(c6ccccc6O5)c5ccccc5-c5ccccc54)c3)c3cccc4oc5ccccc5c34)cc21. The average molecular weight is 873 g/mol. The molecule has 0 saturated carbocycles. The standard InChI is InChI=1S/C64H44N2O2/c1-63(2)51-26-10-6-22-46(51)49-36-34-45(39-55(49)63)66(57-30-17-33-61-62(57)50-25-9-14-31-58(50)67-61)43-21-16-20-42(38-43)65(41-18-4-3-5-19-41)44-35-37-60-56(40-44)64(54-29-13-15-32-59(54)68-60)52-27-11-7-23-47(52)48-24-8-12-28-53(48)64/h3-40H,1-2H3. The van der Waals surface area contributed by atoms with E-state index in [1.807, 2.05) is 6.07 Å². The van der Waals surface area contributed by atoms with Crippen molar-refractivity contribution in [3.63, 3.8) is 0 Å². The highest BCUT2D eigenvalue weighted by Gasteiger charge is 2.51. The predicted octanol–water partition coefficient (Wildman–Crippen LogP) is 17.3. The summed E-state index contributed by atoms with van der Waals surface area (Å²) in [5.74, 6) is 1.74. The first-order valence-electron chi connectivity index (χ1n) is 23.5. The summed E-state index contributed by atoms with van der Waals surface area (Å²) < 4.78 is 13.4. The zero-order valence-corrected chi connectivity index (χ0v) is 37.7. The molecule has 0 fully saturated rings. The first kappa shape index (κ1) is 38.6. The monoisotopic (exact) mass is 872 g/mol. The fraction of sp³-hybridized carbons (Fsp3) is 0.0625. The second kappa shape index (κ2) is 14.4. The number of benzene rings is 10. The van der Waals surface area contributed by atoms with Gasteiger partial charge in [0.05, 0.1) is 16.5 Å². The number of furan rings is 1. The number of para-hydroxylation sites is 3. The third kappa shape index (κ3) is 5.37. The molecule has 0 atom stereocenters. The molecule has 0 amide bonds. The van der Waals surface area contributed by atoms with Crippen molar-refractivity contribution in [3.8, 4) is 33.8 Å². The molecule has 4 nitrogen and oxygen atoms in total. The van der Waals surface area contributed by atoms with Crippen molar-refractivity contribution in [1.82, 2.24) is 0 Å². The lowest BCUT2D eigenvalue weighted by Gasteiger charge is -2.40. The summed E-state index contributed by atoms with van der Waals surface area (Å²) in [5.41, 5.74) is 19.8. The van der Waals surface area contributed by atoms with Gasteiger partial charge in [-0.25, -0.2) is 0 Å². The van der Waals surface area contributed by atoms with E-state index in [1.54, 1.807) is 0 Å². The third-order valence-corrected chi connectivity index (χ3v) is 14.9. The van der Waals surface area contributed by atoms with Gasteiger partial charge in [-0.2, -0.15) is 0 Å². The van der Waals surface area contributed by atoms with Crippen molar-refractivity contribution in [1.29, 1.82) is 0 Å². The Bertz CT molecular complexity index is 3800. The highest BCUT2D eigenvalue weighted by Crippen LogP contribution is 2.63. The van der Waals surface area contributed by atoms with Gasteiger partial charge in [0.1, 0.15) is 22.7 Å². The normalized spacial score (nSPS) is 14.1. The summed E-state index contributed by atoms with van der Waals surface area (Å²) >= 11 is 0. The van der Waals surface area contributed by atoms with Gasteiger partial charge >= 0.3 is 0 Å². The predicted molar refractivity (Wildman–Crippen MR) is 278 cm³/mol. The first-order valence-corrected chi connectivity index (χ1v) is 23.5. The van der Waals surface area contributed by atoms with E-state index in [2.05, 4.69) is 248 Å². The molecule has 4 heteroatoms.